The van der Waals surface area contributed by atoms with E-state index in [9.17, 15) is 4.79 Å². The van der Waals surface area contributed by atoms with Crippen LogP contribution in [0.2, 0.25) is 0 Å². The molecule has 0 aliphatic rings. The molecule has 0 bridgehead atoms. The summed E-state index contributed by atoms with van der Waals surface area (Å²) in [5.41, 5.74) is -0.0358. The summed E-state index contributed by atoms with van der Waals surface area (Å²) in [4.78, 5) is 12.0. The van der Waals surface area contributed by atoms with Crippen LogP contribution in [0.3, 0.4) is 0 Å². The maximum absolute atomic E-state index is 12.0. The summed E-state index contributed by atoms with van der Waals surface area (Å²) in [6.45, 7) is 2.46. The molecule has 1 heterocycles. The SMILES string of the molecule is CCOc1ccc2cc(Oc3ccccc3)c(=O)oc2c1. The van der Waals surface area contributed by atoms with E-state index < -0.39 is 5.63 Å². The second-order valence-electron chi connectivity index (χ2n) is 4.45. The fourth-order valence-electron chi connectivity index (χ4n) is 2.02. The Morgan fingerprint density at radius 2 is 1.81 bits per heavy atom. The molecule has 2 aromatic carbocycles. The molecule has 0 fully saturated rings. The first-order valence-electron chi connectivity index (χ1n) is 6.70. The molecule has 0 aliphatic heterocycles. The van der Waals surface area contributed by atoms with Crippen LogP contribution in [0, 0.1) is 0 Å². The highest BCUT2D eigenvalue weighted by Gasteiger charge is 2.08. The van der Waals surface area contributed by atoms with E-state index in [0.29, 0.717) is 23.7 Å². The minimum absolute atomic E-state index is 0.165. The standard InChI is InChI=1S/C17H14O4/c1-2-19-14-9-8-12-10-16(17(18)21-15(12)11-14)20-13-6-4-3-5-7-13/h3-11H,2H2,1H3. The second kappa shape index (κ2) is 5.71. The van der Waals surface area contributed by atoms with Crippen molar-refractivity contribution in [2.24, 2.45) is 0 Å². The molecule has 21 heavy (non-hydrogen) atoms. The van der Waals surface area contributed by atoms with E-state index in [2.05, 4.69) is 0 Å². The first-order chi connectivity index (χ1) is 10.3. The molecule has 0 spiro atoms. The highest BCUT2D eigenvalue weighted by Crippen LogP contribution is 2.25. The lowest BCUT2D eigenvalue weighted by Crippen LogP contribution is -2.03. The molecule has 0 saturated carbocycles. The summed E-state index contributed by atoms with van der Waals surface area (Å²) in [5.74, 6) is 1.43. The summed E-state index contributed by atoms with van der Waals surface area (Å²) in [6.07, 6.45) is 0. The Morgan fingerprint density at radius 3 is 2.57 bits per heavy atom. The minimum atomic E-state index is -0.514. The van der Waals surface area contributed by atoms with Gasteiger partial charge < -0.3 is 13.9 Å². The van der Waals surface area contributed by atoms with Crippen LogP contribution in [-0.4, -0.2) is 6.61 Å². The van der Waals surface area contributed by atoms with Crippen LogP contribution in [0.25, 0.3) is 11.0 Å². The van der Waals surface area contributed by atoms with Crippen LogP contribution in [-0.2, 0) is 0 Å². The zero-order valence-corrected chi connectivity index (χ0v) is 11.5. The molecule has 1 aromatic heterocycles. The molecule has 0 radical (unpaired) electrons. The van der Waals surface area contributed by atoms with Crippen molar-refractivity contribution in [2.75, 3.05) is 6.61 Å². The molecular formula is C17H14O4. The molecule has 4 nitrogen and oxygen atoms in total. The largest absolute Gasteiger partial charge is 0.494 e. The molecule has 3 rings (SSSR count). The van der Waals surface area contributed by atoms with Crippen LogP contribution in [0.15, 0.2) is 63.8 Å². The van der Waals surface area contributed by atoms with Crippen LogP contribution >= 0.6 is 0 Å². The van der Waals surface area contributed by atoms with E-state index in [4.69, 9.17) is 13.9 Å². The van der Waals surface area contributed by atoms with Crippen LogP contribution in [0.1, 0.15) is 6.92 Å². The maximum Gasteiger partial charge on any atom is 0.379 e. The van der Waals surface area contributed by atoms with Crippen molar-refractivity contribution in [1.82, 2.24) is 0 Å². The summed E-state index contributed by atoms with van der Waals surface area (Å²) >= 11 is 0. The number of hydrogen-bond acceptors (Lipinski definition) is 4. The highest BCUT2D eigenvalue weighted by atomic mass is 16.5. The molecule has 0 saturated heterocycles. The zero-order valence-electron chi connectivity index (χ0n) is 11.5. The van der Waals surface area contributed by atoms with Gasteiger partial charge >= 0.3 is 5.63 Å². The molecule has 0 N–H and O–H groups in total. The van der Waals surface area contributed by atoms with Crippen molar-refractivity contribution in [3.63, 3.8) is 0 Å². The van der Waals surface area contributed by atoms with Crippen molar-refractivity contribution in [3.05, 3.63) is 65.0 Å². The van der Waals surface area contributed by atoms with Crippen LogP contribution < -0.4 is 15.1 Å². The molecule has 0 unspecified atom stereocenters. The van der Waals surface area contributed by atoms with Crippen molar-refractivity contribution in [3.8, 4) is 17.2 Å². The van der Waals surface area contributed by atoms with Gasteiger partial charge in [0.25, 0.3) is 0 Å². The predicted molar refractivity (Wildman–Crippen MR) is 80.2 cm³/mol. The number of hydrogen-bond donors (Lipinski definition) is 0. The molecular weight excluding hydrogens is 268 g/mol. The maximum atomic E-state index is 12.0. The van der Waals surface area contributed by atoms with Gasteiger partial charge in [0.05, 0.1) is 6.61 Å². The Labute approximate surface area is 121 Å². The van der Waals surface area contributed by atoms with Gasteiger partial charge in [0.1, 0.15) is 17.1 Å². The Kier molecular flexibility index (Phi) is 3.60. The summed E-state index contributed by atoms with van der Waals surface area (Å²) in [5, 5.41) is 0.781. The quantitative estimate of drug-likeness (QED) is 0.679. The van der Waals surface area contributed by atoms with Crippen molar-refractivity contribution in [2.45, 2.75) is 6.92 Å². The van der Waals surface area contributed by atoms with Crippen molar-refractivity contribution in [1.29, 1.82) is 0 Å². The molecule has 4 heteroatoms. The van der Waals surface area contributed by atoms with E-state index in [1.54, 1.807) is 24.3 Å². The van der Waals surface area contributed by atoms with Gasteiger partial charge in [-0.15, -0.1) is 0 Å². The monoisotopic (exact) mass is 282 g/mol. The van der Waals surface area contributed by atoms with Gasteiger partial charge in [-0.1, -0.05) is 18.2 Å². The summed E-state index contributed by atoms with van der Waals surface area (Å²) in [6, 6.07) is 16.2. The lowest BCUT2D eigenvalue weighted by atomic mass is 10.2. The minimum Gasteiger partial charge on any atom is -0.494 e. The number of fused-ring (bicyclic) bond motifs is 1. The van der Waals surface area contributed by atoms with Gasteiger partial charge in [0.15, 0.2) is 0 Å². The number of para-hydroxylation sites is 1. The Hall–Kier alpha value is -2.75. The smallest absolute Gasteiger partial charge is 0.379 e. The lowest BCUT2D eigenvalue weighted by molar-refractivity contribution is 0.340. The fraction of sp³-hybridized carbons (Fsp3) is 0.118. The topological polar surface area (TPSA) is 48.7 Å². The van der Waals surface area contributed by atoms with Crippen LogP contribution in [0.5, 0.6) is 17.2 Å². The van der Waals surface area contributed by atoms with E-state index in [1.165, 1.54) is 0 Å². The van der Waals surface area contributed by atoms with Gasteiger partial charge in [0.2, 0.25) is 5.75 Å². The third-order valence-corrected chi connectivity index (χ3v) is 2.96. The number of rotatable bonds is 4. The van der Waals surface area contributed by atoms with E-state index in [0.717, 1.165) is 5.39 Å². The van der Waals surface area contributed by atoms with Gasteiger partial charge in [0, 0.05) is 11.5 Å². The fourth-order valence-corrected chi connectivity index (χ4v) is 2.02. The average Bonchev–Trinajstić information content (AvgIpc) is 2.50. The second-order valence-corrected chi connectivity index (χ2v) is 4.45. The third kappa shape index (κ3) is 2.89. The third-order valence-electron chi connectivity index (χ3n) is 2.96. The Morgan fingerprint density at radius 1 is 1.00 bits per heavy atom. The van der Waals surface area contributed by atoms with E-state index in [-0.39, 0.29) is 5.75 Å². The zero-order chi connectivity index (χ0) is 14.7. The van der Waals surface area contributed by atoms with E-state index in [1.807, 2.05) is 37.3 Å². The summed E-state index contributed by atoms with van der Waals surface area (Å²) in [7, 11) is 0. The molecule has 3 aromatic rings. The molecule has 0 aliphatic carbocycles. The highest BCUT2D eigenvalue weighted by molar-refractivity contribution is 5.79. The average molecular weight is 282 g/mol. The molecule has 106 valence electrons. The number of ether oxygens (including phenoxy) is 2. The van der Waals surface area contributed by atoms with Gasteiger partial charge in [-0.25, -0.2) is 4.79 Å². The van der Waals surface area contributed by atoms with Crippen molar-refractivity contribution < 1.29 is 13.9 Å². The van der Waals surface area contributed by atoms with Gasteiger partial charge in [-0.2, -0.15) is 0 Å². The van der Waals surface area contributed by atoms with Gasteiger partial charge in [-0.05, 0) is 37.3 Å². The first kappa shape index (κ1) is 13.2. The molecule has 0 atom stereocenters. The van der Waals surface area contributed by atoms with Crippen LogP contribution in [0.4, 0.5) is 0 Å². The molecule has 0 amide bonds. The van der Waals surface area contributed by atoms with Crippen molar-refractivity contribution >= 4 is 11.0 Å². The predicted octanol–water partition coefficient (Wildman–Crippen LogP) is 3.98. The van der Waals surface area contributed by atoms with Gasteiger partial charge in [-0.3, -0.25) is 0 Å². The normalized spacial score (nSPS) is 10.5. The number of benzene rings is 2. The first-order valence-corrected chi connectivity index (χ1v) is 6.70. The lowest BCUT2D eigenvalue weighted by Gasteiger charge is -2.06. The Balaban J connectivity index is 1.99. The van der Waals surface area contributed by atoms with E-state index >= 15 is 0 Å². The Bertz CT molecular complexity index is 806. The summed E-state index contributed by atoms with van der Waals surface area (Å²) < 4.78 is 16.2.